The molecule has 0 saturated heterocycles. The third-order valence-corrected chi connectivity index (χ3v) is 5.84. The van der Waals surface area contributed by atoms with Crippen LogP contribution in [0.4, 0.5) is 0 Å². The number of carbonyl (C=O) groups excluding carboxylic acids is 1. The highest BCUT2D eigenvalue weighted by atomic mass is 79.9. The van der Waals surface area contributed by atoms with Crippen LogP contribution in [0.1, 0.15) is 39.7 Å². The van der Waals surface area contributed by atoms with Crippen molar-refractivity contribution in [3.05, 3.63) is 79.6 Å². The molecule has 1 aromatic heterocycles. The maximum Gasteiger partial charge on any atom is 0.290 e. The fourth-order valence-electron chi connectivity index (χ4n) is 3.91. The highest BCUT2D eigenvalue weighted by Gasteiger charge is 2.42. The van der Waals surface area contributed by atoms with Gasteiger partial charge in [0.1, 0.15) is 5.58 Å². The van der Waals surface area contributed by atoms with Crippen molar-refractivity contribution in [2.45, 2.75) is 19.4 Å². The van der Waals surface area contributed by atoms with Gasteiger partial charge in [-0.1, -0.05) is 39.7 Å². The number of aryl methyl sites for hydroxylation is 1. The van der Waals surface area contributed by atoms with Crippen LogP contribution in [0.3, 0.4) is 0 Å². The highest BCUT2D eigenvalue weighted by Crippen LogP contribution is 2.38. The number of rotatable bonds is 5. The molecular formula is C23H23BrN2O3. The fraction of sp³-hybridized carbons (Fsp3) is 0.304. The number of halogens is 1. The molecule has 1 atom stereocenters. The van der Waals surface area contributed by atoms with Crippen molar-refractivity contribution >= 4 is 32.8 Å². The van der Waals surface area contributed by atoms with Gasteiger partial charge >= 0.3 is 0 Å². The molecule has 5 nitrogen and oxygen atoms in total. The molecule has 6 heteroatoms. The molecule has 0 fully saturated rings. The van der Waals surface area contributed by atoms with Gasteiger partial charge in [-0.15, -0.1) is 0 Å². The summed E-state index contributed by atoms with van der Waals surface area (Å²) in [6, 6.07) is 12.8. The average molecular weight is 455 g/mol. The minimum absolute atomic E-state index is 0.124. The second-order valence-electron chi connectivity index (χ2n) is 7.78. The van der Waals surface area contributed by atoms with Crippen LogP contribution in [0.25, 0.3) is 11.0 Å². The Hall–Kier alpha value is -2.44. The minimum Gasteiger partial charge on any atom is -0.450 e. The topological polar surface area (TPSA) is 53.8 Å². The van der Waals surface area contributed by atoms with Crippen molar-refractivity contribution in [3.8, 4) is 0 Å². The normalized spacial score (nSPS) is 16.1. The van der Waals surface area contributed by atoms with Gasteiger partial charge in [-0.05, 0) is 63.8 Å². The number of nitrogens with zero attached hydrogens (tertiary/aromatic N) is 2. The fourth-order valence-corrected chi connectivity index (χ4v) is 4.18. The Morgan fingerprint density at radius 2 is 1.83 bits per heavy atom. The van der Waals surface area contributed by atoms with Crippen molar-refractivity contribution in [3.63, 3.8) is 0 Å². The summed E-state index contributed by atoms with van der Waals surface area (Å²) in [4.78, 5) is 30.6. The third kappa shape index (κ3) is 3.63. The van der Waals surface area contributed by atoms with E-state index < -0.39 is 6.04 Å². The average Bonchev–Trinajstić information content (AvgIpc) is 2.95. The summed E-state index contributed by atoms with van der Waals surface area (Å²) in [5.41, 5.74) is 2.67. The van der Waals surface area contributed by atoms with E-state index in [0.29, 0.717) is 23.1 Å². The Morgan fingerprint density at radius 1 is 1.10 bits per heavy atom. The summed E-state index contributed by atoms with van der Waals surface area (Å²) in [6.07, 6.45) is 0.812. The van der Waals surface area contributed by atoms with Gasteiger partial charge in [0.05, 0.1) is 17.0 Å². The van der Waals surface area contributed by atoms with E-state index in [9.17, 15) is 9.59 Å². The molecule has 0 unspecified atom stereocenters. The minimum atomic E-state index is -0.436. The Bertz CT molecular complexity index is 1140. The first-order valence-corrected chi connectivity index (χ1v) is 10.4. The lowest BCUT2D eigenvalue weighted by molar-refractivity contribution is 0.0722. The molecule has 0 aliphatic carbocycles. The standard InChI is InChI=1S/C23H23BrN2O3/c1-14-5-10-18-17(13-14)21(27)19-20(15-6-8-16(24)9-7-15)26(12-4-11-25(2)3)23(28)22(19)29-18/h5-10,13,20H,4,11-12H2,1-3H3/t20-/m1/s1. The molecule has 0 bridgehead atoms. The first-order chi connectivity index (χ1) is 13.9. The molecular weight excluding hydrogens is 432 g/mol. The van der Waals surface area contributed by atoms with E-state index in [1.165, 1.54) is 0 Å². The van der Waals surface area contributed by atoms with Gasteiger partial charge in [0.15, 0.2) is 5.43 Å². The molecule has 1 aliphatic rings. The third-order valence-electron chi connectivity index (χ3n) is 5.31. The summed E-state index contributed by atoms with van der Waals surface area (Å²) < 4.78 is 6.92. The predicted octanol–water partition coefficient (Wildman–Crippen LogP) is 4.36. The molecule has 150 valence electrons. The Balaban J connectivity index is 1.88. The van der Waals surface area contributed by atoms with Gasteiger partial charge in [0.2, 0.25) is 5.76 Å². The van der Waals surface area contributed by atoms with Crippen molar-refractivity contribution in [2.24, 2.45) is 0 Å². The van der Waals surface area contributed by atoms with Gasteiger partial charge in [-0.3, -0.25) is 9.59 Å². The number of hydrogen-bond donors (Lipinski definition) is 0. The van der Waals surface area contributed by atoms with Crippen LogP contribution in [-0.4, -0.2) is 42.9 Å². The second-order valence-corrected chi connectivity index (χ2v) is 8.70. The Kier molecular flexibility index (Phi) is 5.32. The highest BCUT2D eigenvalue weighted by molar-refractivity contribution is 9.10. The summed E-state index contributed by atoms with van der Waals surface area (Å²) in [5, 5.41) is 0.522. The molecule has 0 saturated carbocycles. The van der Waals surface area contributed by atoms with Crippen LogP contribution in [0.5, 0.6) is 0 Å². The van der Waals surface area contributed by atoms with Gasteiger partial charge < -0.3 is 14.2 Å². The summed E-state index contributed by atoms with van der Waals surface area (Å²) in [6.45, 7) is 3.35. The maximum atomic E-state index is 13.4. The lowest BCUT2D eigenvalue weighted by Crippen LogP contribution is -2.32. The van der Waals surface area contributed by atoms with Gasteiger partial charge in [-0.2, -0.15) is 0 Å². The molecule has 0 N–H and O–H groups in total. The van der Waals surface area contributed by atoms with E-state index in [-0.39, 0.29) is 17.1 Å². The zero-order valence-electron chi connectivity index (χ0n) is 16.7. The SMILES string of the molecule is Cc1ccc2oc3c(c(=O)c2c1)[C@@H](c1ccc(Br)cc1)N(CCCN(C)C)C3=O. The van der Waals surface area contributed by atoms with Crippen LogP contribution in [0.2, 0.25) is 0 Å². The lowest BCUT2D eigenvalue weighted by Gasteiger charge is -2.25. The molecule has 3 aromatic rings. The van der Waals surface area contributed by atoms with E-state index in [0.717, 1.165) is 28.6 Å². The van der Waals surface area contributed by atoms with Gasteiger partial charge in [-0.25, -0.2) is 0 Å². The lowest BCUT2D eigenvalue weighted by atomic mass is 9.98. The van der Waals surface area contributed by atoms with Crippen molar-refractivity contribution in [2.75, 3.05) is 27.2 Å². The zero-order chi connectivity index (χ0) is 20.7. The molecule has 1 aliphatic heterocycles. The van der Waals surface area contributed by atoms with E-state index in [2.05, 4.69) is 20.8 Å². The van der Waals surface area contributed by atoms with Gasteiger partial charge in [0, 0.05) is 11.0 Å². The molecule has 1 amide bonds. The van der Waals surface area contributed by atoms with Crippen molar-refractivity contribution in [1.29, 1.82) is 0 Å². The van der Waals surface area contributed by atoms with Crippen molar-refractivity contribution in [1.82, 2.24) is 9.80 Å². The summed E-state index contributed by atoms with van der Waals surface area (Å²) in [5.74, 6) is -0.0459. The first kappa shape index (κ1) is 19.9. The van der Waals surface area contributed by atoms with E-state index in [4.69, 9.17) is 4.42 Å². The molecule has 0 spiro atoms. The molecule has 0 radical (unpaired) electrons. The number of hydrogen-bond acceptors (Lipinski definition) is 4. The van der Waals surface area contributed by atoms with Crippen LogP contribution in [0.15, 0.2) is 56.1 Å². The van der Waals surface area contributed by atoms with E-state index in [1.807, 2.05) is 57.4 Å². The number of benzene rings is 2. The van der Waals surface area contributed by atoms with Crippen molar-refractivity contribution < 1.29 is 9.21 Å². The molecule has 2 heterocycles. The van der Waals surface area contributed by atoms with Crippen LogP contribution < -0.4 is 5.43 Å². The molecule has 29 heavy (non-hydrogen) atoms. The predicted molar refractivity (Wildman–Crippen MR) is 117 cm³/mol. The summed E-state index contributed by atoms with van der Waals surface area (Å²) in [7, 11) is 4.01. The quantitative estimate of drug-likeness (QED) is 0.574. The maximum absolute atomic E-state index is 13.4. The summed E-state index contributed by atoms with van der Waals surface area (Å²) >= 11 is 3.46. The smallest absolute Gasteiger partial charge is 0.290 e. The van der Waals surface area contributed by atoms with Gasteiger partial charge in [0.25, 0.3) is 5.91 Å². The number of carbonyl (C=O) groups is 1. The van der Waals surface area contributed by atoms with E-state index in [1.54, 1.807) is 11.0 Å². The first-order valence-electron chi connectivity index (χ1n) is 9.65. The number of fused-ring (bicyclic) bond motifs is 2. The number of amides is 1. The van der Waals surface area contributed by atoms with Crippen LogP contribution in [-0.2, 0) is 0 Å². The largest absolute Gasteiger partial charge is 0.450 e. The molecule has 2 aromatic carbocycles. The second kappa shape index (κ2) is 7.76. The zero-order valence-corrected chi connectivity index (χ0v) is 18.3. The van der Waals surface area contributed by atoms with Crippen LogP contribution >= 0.6 is 15.9 Å². The Labute approximate surface area is 178 Å². The Morgan fingerprint density at radius 3 is 2.52 bits per heavy atom. The molecule has 4 rings (SSSR count). The van der Waals surface area contributed by atoms with E-state index >= 15 is 0 Å². The van der Waals surface area contributed by atoms with Crippen LogP contribution in [0, 0.1) is 6.92 Å². The monoisotopic (exact) mass is 454 g/mol.